The lowest BCUT2D eigenvalue weighted by Gasteiger charge is -2.16. The number of hydrogen-bond acceptors (Lipinski definition) is 4. The molecule has 0 spiro atoms. The lowest BCUT2D eigenvalue weighted by atomic mass is 10.00. The number of rotatable bonds is 6. The van der Waals surface area contributed by atoms with Crippen molar-refractivity contribution in [3.05, 3.63) is 64.7 Å². The van der Waals surface area contributed by atoms with Crippen LogP contribution in [0.3, 0.4) is 0 Å². The fraction of sp³-hybridized carbons (Fsp3) is 0.316. The molecule has 0 radical (unpaired) electrons. The number of sulfone groups is 1. The highest BCUT2D eigenvalue weighted by Crippen LogP contribution is 2.64. The maximum Gasteiger partial charge on any atom is 0.182 e. The zero-order valence-electron chi connectivity index (χ0n) is 14.5. The number of nitrogens with two attached hydrogens (primary N) is 1. The number of ether oxygens (including phenoxy) is 1. The normalized spacial score (nSPS) is 25.0. The molecule has 0 saturated heterocycles. The van der Waals surface area contributed by atoms with Gasteiger partial charge in [-0.05, 0) is 36.8 Å². The maximum absolute atomic E-state index is 13.4. The number of hydrogen-bond donors (Lipinski definition) is 1. The lowest BCUT2D eigenvalue weighted by Crippen LogP contribution is -2.33. The Morgan fingerprint density at radius 2 is 1.92 bits per heavy atom. The molecule has 0 aromatic heterocycles. The Morgan fingerprint density at radius 1 is 1.27 bits per heavy atom. The van der Waals surface area contributed by atoms with Crippen molar-refractivity contribution in [3.63, 3.8) is 0 Å². The number of halogens is 1. The fourth-order valence-corrected chi connectivity index (χ4v) is 6.65. The first-order valence-corrected chi connectivity index (χ1v) is 10.4. The van der Waals surface area contributed by atoms with Gasteiger partial charge in [0.2, 0.25) is 0 Å². The van der Waals surface area contributed by atoms with Crippen LogP contribution in [0.25, 0.3) is 0 Å². The van der Waals surface area contributed by atoms with E-state index < -0.39 is 26.4 Å². The molecule has 0 aliphatic heterocycles. The summed E-state index contributed by atoms with van der Waals surface area (Å²) in [6.07, 6.45) is 0. The average molecular weight is 410 g/mol. The quantitative estimate of drug-likeness (QED) is 0.739. The summed E-state index contributed by atoms with van der Waals surface area (Å²) in [7, 11) is -2.14. The van der Waals surface area contributed by atoms with Crippen LogP contribution in [0.5, 0.6) is 0 Å². The van der Waals surface area contributed by atoms with Crippen LogP contribution in [-0.4, -0.2) is 32.4 Å². The molecule has 0 amide bonds. The van der Waals surface area contributed by atoms with Gasteiger partial charge in [0.25, 0.3) is 0 Å². The first-order chi connectivity index (χ1) is 12.2. The van der Waals surface area contributed by atoms with Gasteiger partial charge in [-0.2, -0.15) is 0 Å². The second-order valence-corrected chi connectivity index (χ2v) is 9.59. The van der Waals surface area contributed by atoms with Crippen molar-refractivity contribution in [1.82, 2.24) is 0 Å². The molecule has 0 bridgehead atoms. The van der Waals surface area contributed by atoms with Gasteiger partial charge in [0, 0.05) is 18.1 Å². The Labute approximate surface area is 164 Å². The minimum absolute atomic E-state index is 0.134. The number of aryl methyl sites for hydroxylation is 1. The van der Waals surface area contributed by atoms with E-state index in [0.29, 0.717) is 5.02 Å². The van der Waals surface area contributed by atoms with E-state index in [2.05, 4.69) is 0 Å². The van der Waals surface area contributed by atoms with Crippen molar-refractivity contribution in [2.45, 2.75) is 23.0 Å². The van der Waals surface area contributed by atoms with E-state index in [1.807, 2.05) is 13.0 Å². The second-order valence-electron chi connectivity index (χ2n) is 6.65. The topological polar surface area (TPSA) is 69.4 Å². The third kappa shape index (κ3) is 3.05. The van der Waals surface area contributed by atoms with E-state index in [1.165, 1.54) is 7.11 Å². The highest BCUT2D eigenvalue weighted by Gasteiger charge is 2.73. The molecule has 3 atom stereocenters. The van der Waals surface area contributed by atoms with Crippen molar-refractivity contribution in [1.29, 1.82) is 0 Å². The molecule has 0 unspecified atom stereocenters. The Kier molecular flexibility index (Phi) is 5.14. The zero-order valence-corrected chi connectivity index (χ0v) is 16.9. The highest BCUT2D eigenvalue weighted by atomic mass is 35.5. The standard InChI is InChI=1S/C19H20ClNO3S2/c1-12-6-8-15(9-7-12)26(22,23)17-16(13-4-3-5-14(20)10-13)19(17,11-24-2)18(21)25/h3-10,16-17H,11H2,1-2H3,(H2,21,25)/t16-,17-,19+/m1/s1. The molecule has 1 saturated carbocycles. The lowest BCUT2D eigenvalue weighted by molar-refractivity contribution is 0.166. The van der Waals surface area contributed by atoms with Crippen molar-refractivity contribution in [2.75, 3.05) is 13.7 Å². The summed E-state index contributed by atoms with van der Waals surface area (Å²) in [6.45, 7) is 2.04. The maximum atomic E-state index is 13.4. The first-order valence-electron chi connectivity index (χ1n) is 8.10. The van der Waals surface area contributed by atoms with Gasteiger partial charge in [-0.25, -0.2) is 8.42 Å². The van der Waals surface area contributed by atoms with Crippen molar-refractivity contribution < 1.29 is 13.2 Å². The molecule has 1 aliphatic rings. The SMILES string of the molecule is COC[C@]1(C(N)=S)[C@H](c2cccc(Cl)c2)[C@H]1S(=O)(=O)c1ccc(C)cc1. The summed E-state index contributed by atoms with van der Waals surface area (Å²) in [6, 6.07) is 14.0. The van der Waals surface area contributed by atoms with Gasteiger partial charge in [-0.15, -0.1) is 0 Å². The monoisotopic (exact) mass is 409 g/mol. The predicted octanol–water partition coefficient (Wildman–Crippen LogP) is 3.51. The van der Waals surface area contributed by atoms with Crippen LogP contribution < -0.4 is 5.73 Å². The van der Waals surface area contributed by atoms with Crippen LogP contribution >= 0.6 is 23.8 Å². The molecule has 26 heavy (non-hydrogen) atoms. The summed E-state index contributed by atoms with van der Waals surface area (Å²) < 4.78 is 32.1. The van der Waals surface area contributed by atoms with Crippen LogP contribution in [0.15, 0.2) is 53.4 Å². The Hall–Kier alpha value is -1.47. The summed E-state index contributed by atoms with van der Waals surface area (Å²) in [5.74, 6) is -0.398. The van der Waals surface area contributed by atoms with Gasteiger partial charge in [0.1, 0.15) is 0 Å². The molecular formula is C19H20ClNO3S2. The van der Waals surface area contributed by atoms with Crippen LogP contribution in [0.1, 0.15) is 17.0 Å². The molecule has 1 fully saturated rings. The van der Waals surface area contributed by atoms with Crippen molar-refractivity contribution in [3.8, 4) is 0 Å². The Bertz CT molecular complexity index is 944. The number of methoxy groups -OCH3 is 1. The number of benzene rings is 2. The molecule has 2 aromatic carbocycles. The second kappa shape index (κ2) is 6.93. The molecule has 0 heterocycles. The van der Waals surface area contributed by atoms with Crippen LogP contribution in [-0.2, 0) is 14.6 Å². The molecular weight excluding hydrogens is 390 g/mol. The van der Waals surface area contributed by atoms with Crippen LogP contribution in [0.4, 0.5) is 0 Å². The third-order valence-corrected chi connectivity index (χ3v) is 7.90. The van der Waals surface area contributed by atoms with Gasteiger partial charge in [0.15, 0.2) is 9.84 Å². The molecule has 7 heteroatoms. The smallest absolute Gasteiger partial charge is 0.182 e. The minimum Gasteiger partial charge on any atom is -0.393 e. The molecule has 3 rings (SSSR count). The third-order valence-electron chi connectivity index (χ3n) is 4.99. The largest absolute Gasteiger partial charge is 0.393 e. The van der Waals surface area contributed by atoms with Gasteiger partial charge in [-0.1, -0.05) is 53.6 Å². The summed E-state index contributed by atoms with van der Waals surface area (Å²) in [4.78, 5) is 0.402. The molecule has 2 N–H and O–H groups in total. The van der Waals surface area contributed by atoms with Gasteiger partial charge < -0.3 is 10.5 Å². The summed E-state index contributed by atoms with van der Waals surface area (Å²) in [5, 5.41) is -0.247. The molecule has 2 aromatic rings. The fourth-order valence-electron chi connectivity index (χ4n) is 3.68. The highest BCUT2D eigenvalue weighted by molar-refractivity contribution is 7.92. The van der Waals surface area contributed by atoms with Gasteiger partial charge in [0.05, 0.1) is 27.2 Å². The van der Waals surface area contributed by atoms with E-state index in [1.54, 1.807) is 42.5 Å². The summed E-state index contributed by atoms with van der Waals surface area (Å²) >= 11 is 11.4. The van der Waals surface area contributed by atoms with E-state index >= 15 is 0 Å². The van der Waals surface area contributed by atoms with E-state index in [-0.39, 0.29) is 16.5 Å². The van der Waals surface area contributed by atoms with Crippen LogP contribution in [0.2, 0.25) is 5.02 Å². The Balaban J connectivity index is 2.13. The van der Waals surface area contributed by atoms with E-state index in [4.69, 9.17) is 34.3 Å². The predicted molar refractivity (Wildman–Crippen MR) is 107 cm³/mol. The Morgan fingerprint density at radius 3 is 2.46 bits per heavy atom. The molecule has 138 valence electrons. The average Bonchev–Trinajstić information content (AvgIpc) is 3.27. The van der Waals surface area contributed by atoms with E-state index in [0.717, 1.165) is 11.1 Å². The van der Waals surface area contributed by atoms with Crippen LogP contribution in [0, 0.1) is 12.3 Å². The van der Waals surface area contributed by atoms with Gasteiger partial charge >= 0.3 is 0 Å². The molecule has 1 aliphatic carbocycles. The van der Waals surface area contributed by atoms with Crippen molar-refractivity contribution >= 4 is 38.6 Å². The first kappa shape index (κ1) is 19.3. The van der Waals surface area contributed by atoms with Gasteiger partial charge in [-0.3, -0.25) is 0 Å². The van der Waals surface area contributed by atoms with Crippen molar-refractivity contribution in [2.24, 2.45) is 11.1 Å². The minimum atomic E-state index is -3.66. The van der Waals surface area contributed by atoms with E-state index in [9.17, 15) is 8.42 Å². The zero-order chi connectivity index (χ0) is 19.1. The summed E-state index contributed by atoms with van der Waals surface area (Å²) in [5.41, 5.74) is 6.87. The molecule has 4 nitrogen and oxygen atoms in total. The number of thiocarbonyl (C=S) groups is 1.